The molecule has 0 spiro atoms. The summed E-state index contributed by atoms with van der Waals surface area (Å²) < 4.78 is 0. The number of anilines is 1. The van der Waals surface area contributed by atoms with Gasteiger partial charge in [0.2, 0.25) is 5.91 Å². The third kappa shape index (κ3) is 3.32. The van der Waals surface area contributed by atoms with Gasteiger partial charge in [-0.25, -0.2) is 0 Å². The van der Waals surface area contributed by atoms with E-state index >= 15 is 0 Å². The first-order valence-corrected chi connectivity index (χ1v) is 8.33. The van der Waals surface area contributed by atoms with Crippen molar-refractivity contribution in [2.75, 3.05) is 18.0 Å². The molecule has 2 N–H and O–H groups in total. The summed E-state index contributed by atoms with van der Waals surface area (Å²) in [7, 11) is 0. The van der Waals surface area contributed by atoms with Gasteiger partial charge in [-0.3, -0.25) is 4.79 Å². The van der Waals surface area contributed by atoms with Crippen LogP contribution in [0.1, 0.15) is 26.7 Å². The number of piperidine rings is 1. The monoisotopic (exact) mass is 312 g/mol. The Balaban J connectivity index is 2.01. The third-order valence-corrected chi connectivity index (χ3v) is 4.49. The van der Waals surface area contributed by atoms with E-state index in [9.17, 15) is 9.90 Å². The number of carbonyl (C=O) groups is 1. The number of aromatic hydroxyl groups is 1. The van der Waals surface area contributed by atoms with Crippen molar-refractivity contribution in [3.8, 4) is 5.75 Å². The van der Waals surface area contributed by atoms with Crippen LogP contribution in [0.2, 0.25) is 0 Å². The summed E-state index contributed by atoms with van der Waals surface area (Å²) in [5, 5.41) is 15.0. The highest BCUT2D eigenvalue weighted by atomic mass is 16.3. The van der Waals surface area contributed by atoms with Crippen LogP contribution in [-0.2, 0) is 4.79 Å². The van der Waals surface area contributed by atoms with Crippen LogP contribution in [0.3, 0.4) is 0 Å². The standard InChI is InChI=1S/C19H24N2O2/c1-13(2)19(23)21(16-7-9-20-10-8-16)17-5-3-15-12-18(22)6-4-14(15)11-17/h3-6,11-13,16,20,22H,7-10H2,1-2H3. The van der Waals surface area contributed by atoms with Crippen LogP contribution in [0.15, 0.2) is 36.4 Å². The molecule has 122 valence electrons. The average Bonchev–Trinajstić information content (AvgIpc) is 2.56. The van der Waals surface area contributed by atoms with Crippen LogP contribution in [-0.4, -0.2) is 30.1 Å². The molecule has 4 nitrogen and oxygen atoms in total. The van der Waals surface area contributed by atoms with Crippen LogP contribution in [0, 0.1) is 5.92 Å². The molecule has 1 saturated heterocycles. The number of rotatable bonds is 3. The number of phenolic OH excluding ortho intramolecular Hbond substituents is 1. The molecule has 0 bridgehead atoms. The van der Waals surface area contributed by atoms with Gasteiger partial charge in [-0.15, -0.1) is 0 Å². The minimum Gasteiger partial charge on any atom is -0.508 e. The summed E-state index contributed by atoms with van der Waals surface area (Å²) >= 11 is 0. The molecule has 1 heterocycles. The van der Waals surface area contributed by atoms with Gasteiger partial charge in [0, 0.05) is 17.6 Å². The van der Waals surface area contributed by atoms with E-state index in [1.165, 1.54) is 0 Å². The van der Waals surface area contributed by atoms with Gasteiger partial charge in [0.05, 0.1) is 0 Å². The summed E-state index contributed by atoms with van der Waals surface area (Å²) in [5.41, 5.74) is 0.953. The normalized spacial score (nSPS) is 16.0. The number of hydrogen-bond acceptors (Lipinski definition) is 3. The minimum atomic E-state index is -0.0274. The molecule has 0 aliphatic carbocycles. The molecule has 1 amide bonds. The molecule has 0 aromatic heterocycles. The fourth-order valence-corrected chi connectivity index (χ4v) is 3.23. The van der Waals surface area contributed by atoms with E-state index in [1.54, 1.807) is 12.1 Å². The van der Waals surface area contributed by atoms with Crippen LogP contribution in [0.4, 0.5) is 5.69 Å². The van der Waals surface area contributed by atoms with Crippen molar-refractivity contribution >= 4 is 22.4 Å². The number of phenols is 1. The Morgan fingerprint density at radius 3 is 2.48 bits per heavy atom. The van der Waals surface area contributed by atoms with E-state index in [-0.39, 0.29) is 23.6 Å². The van der Waals surface area contributed by atoms with E-state index in [0.29, 0.717) is 0 Å². The van der Waals surface area contributed by atoms with Crippen LogP contribution < -0.4 is 10.2 Å². The summed E-state index contributed by atoms with van der Waals surface area (Å²) in [6.07, 6.45) is 1.96. The number of nitrogens with zero attached hydrogens (tertiary/aromatic N) is 1. The maximum Gasteiger partial charge on any atom is 0.229 e. The predicted octanol–water partition coefficient (Wildman–Crippen LogP) is 3.29. The zero-order valence-electron chi connectivity index (χ0n) is 13.7. The number of benzene rings is 2. The minimum absolute atomic E-state index is 0.0274. The molecule has 1 fully saturated rings. The Morgan fingerprint density at radius 2 is 1.78 bits per heavy atom. The van der Waals surface area contributed by atoms with Crippen molar-refractivity contribution in [3.05, 3.63) is 36.4 Å². The maximum absolute atomic E-state index is 12.8. The summed E-state index contributed by atoms with van der Waals surface area (Å²) in [6, 6.07) is 11.6. The molecule has 0 atom stereocenters. The second-order valence-electron chi connectivity index (χ2n) is 6.56. The van der Waals surface area contributed by atoms with E-state index in [0.717, 1.165) is 42.4 Å². The van der Waals surface area contributed by atoms with Gasteiger partial charge in [0.15, 0.2) is 0 Å². The van der Waals surface area contributed by atoms with Crippen molar-refractivity contribution < 1.29 is 9.90 Å². The topological polar surface area (TPSA) is 52.6 Å². The van der Waals surface area contributed by atoms with Gasteiger partial charge < -0.3 is 15.3 Å². The predicted molar refractivity (Wildman–Crippen MR) is 93.8 cm³/mol. The molecule has 1 aliphatic heterocycles. The number of nitrogens with one attached hydrogen (secondary N) is 1. The number of hydrogen-bond donors (Lipinski definition) is 2. The molecule has 2 aromatic rings. The lowest BCUT2D eigenvalue weighted by atomic mass is 10.0. The van der Waals surface area contributed by atoms with Crippen molar-refractivity contribution in [1.29, 1.82) is 0 Å². The maximum atomic E-state index is 12.8. The molecule has 1 aliphatic rings. The van der Waals surface area contributed by atoms with Gasteiger partial charge in [-0.05, 0) is 61.0 Å². The van der Waals surface area contributed by atoms with Gasteiger partial charge in [0.25, 0.3) is 0 Å². The van der Waals surface area contributed by atoms with Crippen LogP contribution in [0.5, 0.6) is 5.75 Å². The van der Waals surface area contributed by atoms with Gasteiger partial charge in [-0.1, -0.05) is 26.0 Å². The van der Waals surface area contributed by atoms with Crippen molar-refractivity contribution in [2.45, 2.75) is 32.7 Å². The zero-order valence-corrected chi connectivity index (χ0v) is 13.7. The molecule has 0 unspecified atom stereocenters. The quantitative estimate of drug-likeness (QED) is 0.914. The fourth-order valence-electron chi connectivity index (χ4n) is 3.23. The Kier molecular flexibility index (Phi) is 4.53. The number of carbonyl (C=O) groups excluding carboxylic acids is 1. The molecular weight excluding hydrogens is 288 g/mol. The molecule has 4 heteroatoms. The van der Waals surface area contributed by atoms with E-state index < -0.39 is 0 Å². The first-order valence-electron chi connectivity index (χ1n) is 8.33. The van der Waals surface area contributed by atoms with E-state index in [2.05, 4.69) is 11.4 Å². The van der Waals surface area contributed by atoms with E-state index in [1.807, 2.05) is 36.9 Å². The molecule has 23 heavy (non-hydrogen) atoms. The first kappa shape index (κ1) is 15.8. The molecule has 3 rings (SSSR count). The average molecular weight is 312 g/mol. The van der Waals surface area contributed by atoms with E-state index in [4.69, 9.17) is 0 Å². The smallest absolute Gasteiger partial charge is 0.229 e. The zero-order chi connectivity index (χ0) is 16.4. The van der Waals surface area contributed by atoms with Crippen LogP contribution >= 0.6 is 0 Å². The lowest BCUT2D eigenvalue weighted by molar-refractivity contribution is -0.122. The lowest BCUT2D eigenvalue weighted by Gasteiger charge is -2.36. The number of amides is 1. The van der Waals surface area contributed by atoms with Crippen LogP contribution in [0.25, 0.3) is 10.8 Å². The first-order chi connectivity index (χ1) is 11.1. The Morgan fingerprint density at radius 1 is 1.13 bits per heavy atom. The van der Waals surface area contributed by atoms with Gasteiger partial charge in [0.1, 0.15) is 5.75 Å². The lowest BCUT2D eigenvalue weighted by Crippen LogP contribution is -2.47. The Bertz CT molecular complexity index is 706. The van der Waals surface area contributed by atoms with Crippen molar-refractivity contribution in [2.24, 2.45) is 5.92 Å². The Labute approximate surface area is 137 Å². The van der Waals surface area contributed by atoms with Crippen molar-refractivity contribution in [1.82, 2.24) is 5.32 Å². The highest BCUT2D eigenvalue weighted by Gasteiger charge is 2.28. The van der Waals surface area contributed by atoms with Crippen molar-refractivity contribution in [3.63, 3.8) is 0 Å². The Hall–Kier alpha value is -2.07. The molecule has 0 saturated carbocycles. The number of fused-ring (bicyclic) bond motifs is 1. The summed E-state index contributed by atoms with van der Waals surface area (Å²) in [6.45, 7) is 5.81. The van der Waals surface area contributed by atoms with Gasteiger partial charge in [-0.2, -0.15) is 0 Å². The largest absolute Gasteiger partial charge is 0.508 e. The highest BCUT2D eigenvalue weighted by molar-refractivity contribution is 5.98. The molecule has 2 aromatic carbocycles. The summed E-state index contributed by atoms with van der Waals surface area (Å²) in [5.74, 6) is 0.411. The van der Waals surface area contributed by atoms with Gasteiger partial charge >= 0.3 is 0 Å². The SMILES string of the molecule is CC(C)C(=O)N(c1ccc2cc(O)ccc2c1)C1CCNCC1. The second-order valence-corrected chi connectivity index (χ2v) is 6.56. The third-order valence-electron chi connectivity index (χ3n) is 4.49. The molecule has 0 radical (unpaired) electrons. The highest BCUT2D eigenvalue weighted by Crippen LogP contribution is 2.29. The molecular formula is C19H24N2O2. The summed E-state index contributed by atoms with van der Waals surface area (Å²) in [4.78, 5) is 14.8. The fraction of sp³-hybridized carbons (Fsp3) is 0.421. The second kappa shape index (κ2) is 6.59.